The number of benzene rings is 1. The van der Waals surface area contributed by atoms with Gasteiger partial charge in [-0.25, -0.2) is 0 Å². The Hall–Kier alpha value is -0.910. The van der Waals surface area contributed by atoms with Gasteiger partial charge in [0, 0.05) is 29.7 Å². The molecule has 1 aromatic carbocycles. The first-order valence-corrected chi connectivity index (χ1v) is 7.10. The fourth-order valence-electron chi connectivity index (χ4n) is 2.67. The van der Waals surface area contributed by atoms with Crippen LogP contribution in [0.1, 0.15) is 18.4 Å². The Balaban J connectivity index is 2.12. The molecule has 1 aromatic rings. The molecule has 0 saturated carbocycles. The number of nitrogens with one attached hydrogen (secondary N) is 1. The Kier molecular flexibility index (Phi) is 5.57. The van der Waals surface area contributed by atoms with Crippen LogP contribution in [-0.4, -0.2) is 37.7 Å². The topological polar surface area (TPSA) is 24.5 Å². The molecule has 0 aliphatic carbocycles. The maximum atomic E-state index is 12.4. The standard InChI is InChI=1S/C14H19ClF2N2O/c1-18-8-12-3-2-6-19(12)9-10-7-11(15)4-5-13(10)20-14(16)17/h4-5,7,12,14,18H,2-3,6,8-9H2,1H3. The van der Waals surface area contributed by atoms with E-state index in [0.717, 1.165) is 25.9 Å². The van der Waals surface area contributed by atoms with Crippen molar-refractivity contribution < 1.29 is 13.5 Å². The molecule has 1 atom stereocenters. The molecule has 6 heteroatoms. The highest BCUT2D eigenvalue weighted by Crippen LogP contribution is 2.28. The van der Waals surface area contributed by atoms with Gasteiger partial charge in [-0.15, -0.1) is 0 Å². The number of likely N-dealkylation sites (tertiary alicyclic amines) is 1. The van der Waals surface area contributed by atoms with E-state index in [1.54, 1.807) is 12.1 Å². The van der Waals surface area contributed by atoms with Gasteiger partial charge in [0.25, 0.3) is 0 Å². The Labute approximate surface area is 122 Å². The third-order valence-electron chi connectivity index (χ3n) is 3.55. The highest BCUT2D eigenvalue weighted by atomic mass is 35.5. The molecule has 1 aliphatic heterocycles. The van der Waals surface area contributed by atoms with Crippen LogP contribution in [0.4, 0.5) is 8.78 Å². The highest BCUT2D eigenvalue weighted by Gasteiger charge is 2.25. The van der Waals surface area contributed by atoms with Gasteiger partial charge in [0.2, 0.25) is 0 Å². The Bertz CT molecular complexity index is 445. The van der Waals surface area contributed by atoms with Gasteiger partial charge in [0.1, 0.15) is 5.75 Å². The van der Waals surface area contributed by atoms with Crippen LogP contribution in [0.3, 0.4) is 0 Å². The van der Waals surface area contributed by atoms with Crippen molar-refractivity contribution in [3.63, 3.8) is 0 Å². The summed E-state index contributed by atoms with van der Waals surface area (Å²) in [5.41, 5.74) is 0.709. The number of hydrogen-bond acceptors (Lipinski definition) is 3. The number of nitrogens with zero attached hydrogens (tertiary/aromatic N) is 1. The highest BCUT2D eigenvalue weighted by molar-refractivity contribution is 6.30. The number of halogens is 3. The molecule has 0 amide bonds. The van der Waals surface area contributed by atoms with Gasteiger partial charge in [-0.2, -0.15) is 8.78 Å². The lowest BCUT2D eigenvalue weighted by Crippen LogP contribution is -2.36. The van der Waals surface area contributed by atoms with Gasteiger partial charge < -0.3 is 10.1 Å². The molecule has 0 aromatic heterocycles. The van der Waals surface area contributed by atoms with Crippen LogP contribution in [0.2, 0.25) is 5.02 Å². The molecule has 1 heterocycles. The molecule has 112 valence electrons. The number of ether oxygens (including phenoxy) is 1. The van der Waals surface area contributed by atoms with Crippen LogP contribution in [0.25, 0.3) is 0 Å². The number of likely N-dealkylation sites (N-methyl/N-ethyl adjacent to an activating group) is 1. The van der Waals surface area contributed by atoms with Crippen molar-refractivity contribution in [1.82, 2.24) is 10.2 Å². The zero-order valence-electron chi connectivity index (χ0n) is 11.4. The second-order valence-corrected chi connectivity index (χ2v) is 5.39. The lowest BCUT2D eigenvalue weighted by Gasteiger charge is -2.25. The second kappa shape index (κ2) is 7.20. The molecule has 1 unspecified atom stereocenters. The normalized spacial score (nSPS) is 19.8. The van der Waals surface area contributed by atoms with Crippen molar-refractivity contribution in [2.24, 2.45) is 0 Å². The largest absolute Gasteiger partial charge is 0.434 e. The summed E-state index contributed by atoms with van der Waals surface area (Å²) in [4.78, 5) is 2.28. The van der Waals surface area contributed by atoms with Crippen LogP contribution in [0.5, 0.6) is 5.75 Å². The summed E-state index contributed by atoms with van der Waals surface area (Å²) in [5, 5.41) is 3.70. The van der Waals surface area contributed by atoms with E-state index < -0.39 is 6.61 Å². The van der Waals surface area contributed by atoms with Gasteiger partial charge in [0.15, 0.2) is 0 Å². The van der Waals surface area contributed by atoms with Crippen molar-refractivity contribution in [1.29, 1.82) is 0 Å². The minimum Gasteiger partial charge on any atom is -0.434 e. The smallest absolute Gasteiger partial charge is 0.387 e. The predicted octanol–water partition coefficient (Wildman–Crippen LogP) is 3.13. The van der Waals surface area contributed by atoms with Crippen molar-refractivity contribution in [2.45, 2.75) is 32.0 Å². The van der Waals surface area contributed by atoms with Gasteiger partial charge in [0.05, 0.1) is 0 Å². The summed E-state index contributed by atoms with van der Waals surface area (Å²) in [6.07, 6.45) is 2.24. The Morgan fingerprint density at radius 3 is 3.00 bits per heavy atom. The van der Waals surface area contributed by atoms with E-state index >= 15 is 0 Å². The molecule has 1 N–H and O–H groups in total. The molecule has 0 radical (unpaired) electrons. The van der Waals surface area contributed by atoms with E-state index in [1.165, 1.54) is 6.07 Å². The summed E-state index contributed by atoms with van der Waals surface area (Å²) in [7, 11) is 1.92. The van der Waals surface area contributed by atoms with Crippen LogP contribution in [0.15, 0.2) is 18.2 Å². The zero-order chi connectivity index (χ0) is 14.5. The first-order valence-electron chi connectivity index (χ1n) is 6.72. The average molecular weight is 305 g/mol. The SMILES string of the molecule is CNCC1CCCN1Cc1cc(Cl)ccc1OC(F)F. The molecule has 3 nitrogen and oxygen atoms in total. The number of rotatable bonds is 6. The molecule has 1 aliphatic rings. The van der Waals surface area contributed by atoms with E-state index in [9.17, 15) is 8.78 Å². The van der Waals surface area contributed by atoms with Crippen LogP contribution in [-0.2, 0) is 6.54 Å². The molecule has 2 rings (SSSR count). The van der Waals surface area contributed by atoms with E-state index in [0.29, 0.717) is 23.2 Å². The maximum absolute atomic E-state index is 12.4. The third kappa shape index (κ3) is 4.04. The molecular formula is C14H19ClF2N2O. The number of hydrogen-bond donors (Lipinski definition) is 1. The minimum atomic E-state index is -2.82. The fourth-order valence-corrected chi connectivity index (χ4v) is 2.87. The van der Waals surface area contributed by atoms with E-state index in [4.69, 9.17) is 11.6 Å². The summed E-state index contributed by atoms with van der Waals surface area (Å²) in [6.45, 7) is -0.380. The van der Waals surface area contributed by atoms with Gasteiger partial charge in [-0.1, -0.05) is 11.6 Å². The summed E-state index contributed by atoms with van der Waals surface area (Å²) in [5.74, 6) is 0.208. The van der Waals surface area contributed by atoms with Crippen LogP contribution >= 0.6 is 11.6 Å². The Morgan fingerprint density at radius 1 is 1.50 bits per heavy atom. The molecule has 0 spiro atoms. The summed E-state index contributed by atoms with van der Waals surface area (Å²) in [6, 6.07) is 5.21. The minimum absolute atomic E-state index is 0.208. The quantitative estimate of drug-likeness (QED) is 0.874. The van der Waals surface area contributed by atoms with Gasteiger partial charge in [-0.05, 0) is 44.6 Å². The molecule has 1 fully saturated rings. The molecule has 1 saturated heterocycles. The lowest BCUT2D eigenvalue weighted by atomic mass is 10.1. The van der Waals surface area contributed by atoms with E-state index in [-0.39, 0.29) is 5.75 Å². The summed E-state index contributed by atoms with van der Waals surface area (Å²) < 4.78 is 29.4. The van der Waals surface area contributed by atoms with Crippen molar-refractivity contribution in [2.75, 3.05) is 20.1 Å². The van der Waals surface area contributed by atoms with E-state index in [2.05, 4.69) is 15.0 Å². The first-order chi connectivity index (χ1) is 9.60. The Morgan fingerprint density at radius 2 is 2.30 bits per heavy atom. The lowest BCUT2D eigenvalue weighted by molar-refractivity contribution is -0.0508. The summed E-state index contributed by atoms with van der Waals surface area (Å²) >= 11 is 5.96. The maximum Gasteiger partial charge on any atom is 0.387 e. The predicted molar refractivity (Wildman–Crippen MR) is 75.4 cm³/mol. The fraction of sp³-hybridized carbons (Fsp3) is 0.571. The van der Waals surface area contributed by atoms with E-state index in [1.807, 2.05) is 7.05 Å². The van der Waals surface area contributed by atoms with Crippen molar-refractivity contribution >= 4 is 11.6 Å². The van der Waals surface area contributed by atoms with Crippen LogP contribution < -0.4 is 10.1 Å². The van der Waals surface area contributed by atoms with Gasteiger partial charge >= 0.3 is 6.61 Å². The number of alkyl halides is 2. The second-order valence-electron chi connectivity index (χ2n) is 4.95. The van der Waals surface area contributed by atoms with Crippen molar-refractivity contribution in [3.8, 4) is 5.75 Å². The molecular weight excluding hydrogens is 286 g/mol. The van der Waals surface area contributed by atoms with Crippen molar-refractivity contribution in [3.05, 3.63) is 28.8 Å². The monoisotopic (exact) mass is 304 g/mol. The van der Waals surface area contributed by atoms with Gasteiger partial charge in [-0.3, -0.25) is 4.90 Å². The third-order valence-corrected chi connectivity index (χ3v) is 3.79. The molecule has 20 heavy (non-hydrogen) atoms. The average Bonchev–Trinajstić information content (AvgIpc) is 2.80. The molecule has 0 bridgehead atoms. The van der Waals surface area contributed by atoms with Crippen LogP contribution in [0, 0.1) is 0 Å². The zero-order valence-corrected chi connectivity index (χ0v) is 12.2. The first kappa shape index (κ1) is 15.5.